The maximum absolute atomic E-state index is 12.5. The maximum atomic E-state index is 12.5. The minimum Gasteiger partial charge on any atom is -0.434 e. The van der Waals surface area contributed by atoms with E-state index in [0.717, 1.165) is 6.08 Å². The summed E-state index contributed by atoms with van der Waals surface area (Å²) in [5.41, 5.74) is 0.0648. The number of hydrogen-bond donors (Lipinski definition) is 0. The van der Waals surface area contributed by atoms with Gasteiger partial charge in [-0.3, -0.25) is 0 Å². The van der Waals surface area contributed by atoms with Gasteiger partial charge in [0.2, 0.25) is 9.84 Å². The highest BCUT2D eigenvalue weighted by Crippen LogP contribution is 2.27. The van der Waals surface area contributed by atoms with Gasteiger partial charge < -0.3 is 4.74 Å². The Hall–Kier alpha value is -2.24. The van der Waals surface area contributed by atoms with Gasteiger partial charge in [-0.15, -0.1) is 0 Å². The molecule has 0 saturated carbocycles. The number of sulfone groups is 1. The molecule has 24 heavy (non-hydrogen) atoms. The number of allylic oxidation sites excluding steroid dienone is 1. The fraction of sp³-hybridized carbons (Fsp3) is 0.0625. The number of halogens is 3. The fourth-order valence-corrected chi connectivity index (χ4v) is 3.27. The standard InChI is InChI=1S/C16H10BrF2NO3S/c17-12-5-7-13(8-6-12)24(21,22)14(10-20)9-11-3-1-2-4-15(11)23-16(18)19/h1-9,16H. The average Bonchev–Trinajstić information content (AvgIpc) is 2.53. The summed E-state index contributed by atoms with van der Waals surface area (Å²) in [6, 6.07) is 13.0. The normalized spacial score (nSPS) is 12.0. The van der Waals surface area contributed by atoms with Crippen LogP contribution < -0.4 is 4.74 Å². The van der Waals surface area contributed by atoms with Crippen LogP contribution >= 0.6 is 15.9 Å². The van der Waals surface area contributed by atoms with E-state index in [2.05, 4.69) is 20.7 Å². The van der Waals surface area contributed by atoms with Crippen molar-refractivity contribution in [1.82, 2.24) is 0 Å². The highest BCUT2D eigenvalue weighted by atomic mass is 79.9. The van der Waals surface area contributed by atoms with Crippen LogP contribution in [0.4, 0.5) is 8.78 Å². The minimum atomic E-state index is -4.08. The first-order chi connectivity index (χ1) is 11.3. The molecule has 0 atom stereocenters. The van der Waals surface area contributed by atoms with Crippen LogP contribution in [0.15, 0.2) is 62.8 Å². The van der Waals surface area contributed by atoms with E-state index in [1.54, 1.807) is 6.07 Å². The van der Waals surface area contributed by atoms with E-state index in [9.17, 15) is 22.5 Å². The van der Waals surface area contributed by atoms with Crippen LogP contribution in [-0.4, -0.2) is 15.0 Å². The molecule has 0 saturated heterocycles. The third-order valence-electron chi connectivity index (χ3n) is 2.95. The Kier molecular flexibility index (Phi) is 5.70. The summed E-state index contributed by atoms with van der Waals surface area (Å²) in [7, 11) is -4.08. The molecule has 0 fully saturated rings. The summed E-state index contributed by atoms with van der Waals surface area (Å²) in [4.78, 5) is -0.652. The van der Waals surface area contributed by atoms with Crippen molar-refractivity contribution in [3.8, 4) is 11.8 Å². The van der Waals surface area contributed by atoms with Crippen LogP contribution in [0.2, 0.25) is 0 Å². The van der Waals surface area contributed by atoms with Crippen LogP contribution in [-0.2, 0) is 9.84 Å². The Morgan fingerprint density at radius 2 is 1.79 bits per heavy atom. The Bertz CT molecular complexity index is 904. The zero-order chi connectivity index (χ0) is 17.7. The van der Waals surface area contributed by atoms with Crippen molar-refractivity contribution >= 4 is 31.8 Å². The molecule has 0 aliphatic carbocycles. The van der Waals surface area contributed by atoms with Gasteiger partial charge in [-0.25, -0.2) is 8.42 Å². The van der Waals surface area contributed by atoms with Crippen molar-refractivity contribution in [2.75, 3.05) is 0 Å². The Labute approximate surface area is 146 Å². The van der Waals surface area contributed by atoms with E-state index in [4.69, 9.17) is 0 Å². The van der Waals surface area contributed by atoms with E-state index < -0.39 is 21.4 Å². The molecular weight excluding hydrogens is 404 g/mol. The number of rotatable bonds is 5. The lowest BCUT2D eigenvalue weighted by atomic mass is 10.2. The summed E-state index contributed by atoms with van der Waals surface area (Å²) in [5.74, 6) is -0.216. The van der Waals surface area contributed by atoms with E-state index >= 15 is 0 Å². The van der Waals surface area contributed by atoms with Crippen molar-refractivity contribution in [1.29, 1.82) is 5.26 Å². The zero-order valence-electron chi connectivity index (χ0n) is 12.0. The minimum absolute atomic E-state index is 0.0648. The predicted molar refractivity (Wildman–Crippen MR) is 88.0 cm³/mol. The van der Waals surface area contributed by atoms with Gasteiger partial charge >= 0.3 is 6.61 Å². The first kappa shape index (κ1) is 18.1. The summed E-state index contributed by atoms with van der Waals surface area (Å²) in [6.07, 6.45) is 1.01. The Morgan fingerprint density at radius 1 is 1.17 bits per heavy atom. The van der Waals surface area contributed by atoms with Crippen molar-refractivity contribution in [3.63, 3.8) is 0 Å². The number of ether oxygens (including phenoxy) is 1. The van der Waals surface area contributed by atoms with E-state index in [0.29, 0.717) is 4.47 Å². The number of nitriles is 1. The number of benzene rings is 2. The first-order valence-electron chi connectivity index (χ1n) is 6.51. The van der Waals surface area contributed by atoms with Crippen molar-refractivity contribution in [3.05, 3.63) is 63.5 Å². The first-order valence-corrected chi connectivity index (χ1v) is 8.78. The van der Waals surface area contributed by atoms with Gasteiger partial charge in [0.15, 0.2) is 0 Å². The highest BCUT2D eigenvalue weighted by molar-refractivity contribution is 9.10. The molecule has 0 amide bonds. The topological polar surface area (TPSA) is 67.2 Å². The van der Waals surface area contributed by atoms with Gasteiger partial charge in [-0.2, -0.15) is 14.0 Å². The molecule has 0 spiro atoms. The van der Waals surface area contributed by atoms with Crippen molar-refractivity contribution in [2.24, 2.45) is 0 Å². The highest BCUT2D eigenvalue weighted by Gasteiger charge is 2.21. The fourth-order valence-electron chi connectivity index (χ4n) is 1.85. The molecule has 0 heterocycles. The number of alkyl halides is 2. The second kappa shape index (κ2) is 7.55. The molecule has 0 bridgehead atoms. The Balaban J connectivity index is 2.51. The lowest BCUT2D eigenvalue weighted by Crippen LogP contribution is -2.05. The molecule has 2 aromatic rings. The van der Waals surface area contributed by atoms with Gasteiger partial charge in [0.25, 0.3) is 0 Å². The third kappa shape index (κ3) is 4.19. The van der Waals surface area contributed by atoms with Crippen LogP contribution in [0.5, 0.6) is 5.75 Å². The Morgan fingerprint density at radius 3 is 2.38 bits per heavy atom. The zero-order valence-corrected chi connectivity index (χ0v) is 14.4. The number of para-hydroxylation sites is 1. The summed E-state index contributed by atoms with van der Waals surface area (Å²) in [6.45, 7) is -3.06. The predicted octanol–water partition coefficient (Wildman–Crippen LogP) is 4.39. The second-order valence-corrected chi connectivity index (χ2v) is 7.33. The van der Waals surface area contributed by atoms with E-state index in [-0.39, 0.29) is 16.2 Å². The molecule has 0 unspecified atom stereocenters. The molecule has 8 heteroatoms. The molecule has 124 valence electrons. The quantitative estimate of drug-likeness (QED) is 0.681. The second-order valence-electron chi connectivity index (χ2n) is 4.49. The molecule has 0 aliphatic heterocycles. The molecule has 4 nitrogen and oxygen atoms in total. The number of hydrogen-bond acceptors (Lipinski definition) is 4. The van der Waals surface area contributed by atoms with Gasteiger partial charge in [0.1, 0.15) is 16.7 Å². The summed E-state index contributed by atoms with van der Waals surface area (Å²) >= 11 is 3.19. The maximum Gasteiger partial charge on any atom is 0.387 e. The lowest BCUT2D eigenvalue weighted by molar-refractivity contribution is -0.0499. The summed E-state index contributed by atoms with van der Waals surface area (Å²) in [5, 5.41) is 9.22. The molecular formula is C16H10BrF2NO3S. The van der Waals surface area contributed by atoms with Crippen LogP contribution in [0.25, 0.3) is 6.08 Å². The van der Waals surface area contributed by atoms with Crippen LogP contribution in [0.1, 0.15) is 5.56 Å². The largest absolute Gasteiger partial charge is 0.434 e. The van der Waals surface area contributed by atoms with Crippen molar-refractivity contribution in [2.45, 2.75) is 11.5 Å². The third-order valence-corrected chi connectivity index (χ3v) is 5.15. The number of nitrogens with zero attached hydrogens (tertiary/aromatic N) is 1. The monoisotopic (exact) mass is 413 g/mol. The molecule has 0 N–H and O–H groups in total. The van der Waals surface area contributed by atoms with Gasteiger partial charge in [0.05, 0.1) is 4.90 Å². The smallest absolute Gasteiger partial charge is 0.387 e. The average molecular weight is 414 g/mol. The lowest BCUT2D eigenvalue weighted by Gasteiger charge is -2.08. The molecule has 2 rings (SSSR count). The molecule has 0 radical (unpaired) electrons. The molecule has 2 aromatic carbocycles. The molecule has 0 aromatic heterocycles. The van der Waals surface area contributed by atoms with Gasteiger partial charge in [-0.05, 0) is 36.4 Å². The van der Waals surface area contributed by atoms with E-state index in [1.165, 1.54) is 48.5 Å². The molecule has 0 aliphatic rings. The van der Waals surface area contributed by atoms with Crippen LogP contribution in [0.3, 0.4) is 0 Å². The van der Waals surface area contributed by atoms with Gasteiger partial charge in [0, 0.05) is 10.0 Å². The van der Waals surface area contributed by atoms with E-state index in [1.807, 2.05) is 0 Å². The van der Waals surface area contributed by atoms with Crippen LogP contribution in [0, 0.1) is 11.3 Å². The SMILES string of the molecule is N#CC(=Cc1ccccc1OC(F)F)S(=O)(=O)c1ccc(Br)cc1. The summed E-state index contributed by atoms with van der Waals surface area (Å²) < 4.78 is 54.9. The van der Waals surface area contributed by atoms with Crippen molar-refractivity contribution < 1.29 is 21.9 Å². The van der Waals surface area contributed by atoms with Gasteiger partial charge in [-0.1, -0.05) is 34.1 Å².